The molecule has 0 aliphatic carbocycles. The van der Waals surface area contributed by atoms with Crippen LogP contribution in [0.25, 0.3) is 0 Å². The lowest BCUT2D eigenvalue weighted by atomic mass is 10.4. The Morgan fingerprint density at radius 1 is 1.64 bits per heavy atom. The number of nitrogens with zero attached hydrogens (tertiary/aromatic N) is 2. The van der Waals surface area contributed by atoms with E-state index in [9.17, 15) is 0 Å². The number of thioether (sulfide) groups is 1. The van der Waals surface area contributed by atoms with E-state index in [0.717, 1.165) is 18.0 Å². The predicted molar refractivity (Wildman–Crippen MR) is 64.1 cm³/mol. The van der Waals surface area contributed by atoms with E-state index >= 15 is 0 Å². The molecule has 0 aromatic carbocycles. The van der Waals surface area contributed by atoms with E-state index in [-0.39, 0.29) is 0 Å². The van der Waals surface area contributed by atoms with Gasteiger partial charge in [0.25, 0.3) is 0 Å². The molecular formula is C10H17ClN2S. The van der Waals surface area contributed by atoms with Gasteiger partial charge in [-0.1, -0.05) is 6.92 Å². The van der Waals surface area contributed by atoms with Crippen molar-refractivity contribution in [1.82, 2.24) is 9.78 Å². The average molecular weight is 233 g/mol. The molecule has 0 bridgehead atoms. The van der Waals surface area contributed by atoms with Crippen LogP contribution in [0.4, 0.5) is 0 Å². The Kier molecular flexibility index (Phi) is 4.82. The van der Waals surface area contributed by atoms with E-state index in [1.165, 1.54) is 5.69 Å². The number of rotatable bonds is 5. The van der Waals surface area contributed by atoms with Gasteiger partial charge in [-0.2, -0.15) is 16.9 Å². The number of aromatic nitrogens is 2. The molecule has 14 heavy (non-hydrogen) atoms. The maximum Gasteiger partial charge on any atom is 0.0596 e. The fourth-order valence-electron chi connectivity index (χ4n) is 1.26. The Balaban J connectivity index is 2.57. The minimum atomic E-state index is 0.511. The van der Waals surface area contributed by atoms with Gasteiger partial charge in [0.05, 0.1) is 5.69 Å². The molecule has 1 heterocycles. The Hall–Kier alpha value is -0.150. The fraction of sp³-hybridized carbons (Fsp3) is 0.700. The van der Waals surface area contributed by atoms with Gasteiger partial charge in [0.2, 0.25) is 0 Å². The number of hydrogen-bond donors (Lipinski definition) is 0. The maximum absolute atomic E-state index is 5.75. The number of hydrogen-bond acceptors (Lipinski definition) is 2. The molecule has 0 saturated carbocycles. The third-order valence-electron chi connectivity index (χ3n) is 2.02. The van der Waals surface area contributed by atoms with Crippen LogP contribution in [0.15, 0.2) is 6.07 Å². The van der Waals surface area contributed by atoms with Crippen molar-refractivity contribution in [3.05, 3.63) is 17.5 Å². The zero-order valence-electron chi connectivity index (χ0n) is 8.96. The van der Waals surface area contributed by atoms with Crippen LogP contribution in [0, 0.1) is 6.92 Å². The van der Waals surface area contributed by atoms with Gasteiger partial charge in [-0.15, -0.1) is 11.6 Å². The number of aryl methyl sites for hydroxylation is 2. The highest BCUT2D eigenvalue weighted by atomic mass is 35.5. The first-order valence-corrected chi connectivity index (χ1v) is 6.46. The standard InChI is InChI=1S/C10H17ClN2S/c1-4-13-10(5-8(2)12-13)7-14-9(3)6-11/h5,9H,4,6-7H2,1-3H3. The Bertz CT molecular complexity index is 286. The van der Waals surface area contributed by atoms with Crippen LogP contribution in [-0.2, 0) is 12.3 Å². The van der Waals surface area contributed by atoms with Crippen molar-refractivity contribution in [2.75, 3.05) is 5.88 Å². The third-order valence-corrected chi connectivity index (χ3v) is 3.86. The quantitative estimate of drug-likeness (QED) is 0.727. The van der Waals surface area contributed by atoms with Crippen molar-refractivity contribution in [1.29, 1.82) is 0 Å². The first kappa shape index (κ1) is 11.9. The summed E-state index contributed by atoms with van der Waals surface area (Å²) in [5, 5.41) is 4.91. The Morgan fingerprint density at radius 3 is 2.93 bits per heavy atom. The molecule has 1 rings (SSSR count). The van der Waals surface area contributed by atoms with Gasteiger partial charge in [0, 0.05) is 29.1 Å². The Morgan fingerprint density at radius 2 is 2.36 bits per heavy atom. The zero-order valence-corrected chi connectivity index (χ0v) is 10.5. The smallest absolute Gasteiger partial charge is 0.0596 e. The van der Waals surface area contributed by atoms with Gasteiger partial charge >= 0.3 is 0 Å². The van der Waals surface area contributed by atoms with E-state index in [0.29, 0.717) is 11.1 Å². The summed E-state index contributed by atoms with van der Waals surface area (Å²) in [6.45, 7) is 7.24. The molecule has 4 heteroatoms. The first-order chi connectivity index (χ1) is 6.67. The molecule has 2 nitrogen and oxygen atoms in total. The van der Waals surface area contributed by atoms with Crippen molar-refractivity contribution >= 4 is 23.4 Å². The number of halogens is 1. The molecule has 0 aliphatic heterocycles. The zero-order chi connectivity index (χ0) is 10.6. The maximum atomic E-state index is 5.75. The summed E-state index contributed by atoms with van der Waals surface area (Å²) in [6, 6.07) is 2.15. The molecule has 0 saturated heterocycles. The van der Waals surface area contributed by atoms with Crippen LogP contribution in [-0.4, -0.2) is 20.9 Å². The highest BCUT2D eigenvalue weighted by Crippen LogP contribution is 2.19. The SMILES string of the molecule is CCn1nc(C)cc1CSC(C)CCl. The molecule has 80 valence electrons. The van der Waals surface area contributed by atoms with E-state index in [1.54, 1.807) is 0 Å². The highest BCUT2D eigenvalue weighted by molar-refractivity contribution is 7.99. The summed E-state index contributed by atoms with van der Waals surface area (Å²) in [7, 11) is 0. The van der Waals surface area contributed by atoms with E-state index < -0.39 is 0 Å². The topological polar surface area (TPSA) is 17.8 Å². The second-order valence-electron chi connectivity index (χ2n) is 3.37. The highest BCUT2D eigenvalue weighted by Gasteiger charge is 2.06. The molecule has 0 amide bonds. The molecule has 0 radical (unpaired) electrons. The van der Waals surface area contributed by atoms with E-state index in [1.807, 2.05) is 18.7 Å². The minimum Gasteiger partial charge on any atom is -0.269 e. The fourth-order valence-corrected chi connectivity index (χ4v) is 2.31. The molecular weight excluding hydrogens is 216 g/mol. The van der Waals surface area contributed by atoms with Crippen LogP contribution >= 0.6 is 23.4 Å². The largest absolute Gasteiger partial charge is 0.269 e. The predicted octanol–water partition coefficient (Wildman–Crippen LogP) is 3.07. The summed E-state index contributed by atoms with van der Waals surface area (Å²) in [5.41, 5.74) is 2.40. The molecule has 0 aliphatic rings. The monoisotopic (exact) mass is 232 g/mol. The molecule has 0 N–H and O–H groups in total. The molecule has 1 atom stereocenters. The lowest BCUT2D eigenvalue weighted by molar-refractivity contribution is 0.631. The van der Waals surface area contributed by atoms with Crippen molar-refractivity contribution in [3.8, 4) is 0 Å². The van der Waals surface area contributed by atoms with Crippen molar-refractivity contribution in [2.45, 2.75) is 38.3 Å². The summed E-state index contributed by atoms with van der Waals surface area (Å²) in [4.78, 5) is 0. The molecule has 1 unspecified atom stereocenters. The minimum absolute atomic E-state index is 0.511. The lowest BCUT2D eigenvalue weighted by Gasteiger charge is -2.07. The normalized spacial score (nSPS) is 13.1. The molecule has 0 fully saturated rings. The van der Waals surface area contributed by atoms with E-state index in [2.05, 4.69) is 29.7 Å². The van der Waals surface area contributed by atoms with Crippen molar-refractivity contribution in [3.63, 3.8) is 0 Å². The van der Waals surface area contributed by atoms with Crippen molar-refractivity contribution in [2.24, 2.45) is 0 Å². The van der Waals surface area contributed by atoms with Gasteiger partial charge in [-0.3, -0.25) is 4.68 Å². The van der Waals surface area contributed by atoms with Crippen LogP contribution in [0.3, 0.4) is 0 Å². The Labute approximate surface area is 95.0 Å². The summed E-state index contributed by atoms with van der Waals surface area (Å²) >= 11 is 7.63. The summed E-state index contributed by atoms with van der Waals surface area (Å²) in [6.07, 6.45) is 0. The summed E-state index contributed by atoms with van der Waals surface area (Å²) in [5.74, 6) is 1.71. The van der Waals surface area contributed by atoms with E-state index in [4.69, 9.17) is 11.6 Å². The second-order valence-corrected chi connectivity index (χ2v) is 5.10. The van der Waals surface area contributed by atoms with Crippen LogP contribution in [0.2, 0.25) is 0 Å². The first-order valence-electron chi connectivity index (χ1n) is 4.88. The molecule has 1 aromatic rings. The van der Waals surface area contributed by atoms with Gasteiger partial charge in [-0.25, -0.2) is 0 Å². The van der Waals surface area contributed by atoms with Crippen LogP contribution in [0.5, 0.6) is 0 Å². The van der Waals surface area contributed by atoms with Gasteiger partial charge in [-0.05, 0) is 19.9 Å². The van der Waals surface area contributed by atoms with Crippen LogP contribution < -0.4 is 0 Å². The third kappa shape index (κ3) is 3.21. The van der Waals surface area contributed by atoms with Gasteiger partial charge in [0.1, 0.15) is 0 Å². The number of alkyl halides is 1. The van der Waals surface area contributed by atoms with Crippen molar-refractivity contribution < 1.29 is 0 Å². The van der Waals surface area contributed by atoms with Gasteiger partial charge < -0.3 is 0 Å². The second kappa shape index (κ2) is 5.66. The van der Waals surface area contributed by atoms with Gasteiger partial charge in [0.15, 0.2) is 0 Å². The van der Waals surface area contributed by atoms with Crippen LogP contribution in [0.1, 0.15) is 25.2 Å². The lowest BCUT2D eigenvalue weighted by Crippen LogP contribution is -2.04. The average Bonchev–Trinajstić information content (AvgIpc) is 2.55. The molecule has 0 spiro atoms. The summed E-state index contributed by atoms with van der Waals surface area (Å²) < 4.78 is 2.06. The molecule has 1 aromatic heterocycles.